The molecule has 2 aromatic rings. The van der Waals surface area contributed by atoms with Crippen LogP contribution in [0.25, 0.3) is 0 Å². The van der Waals surface area contributed by atoms with E-state index in [1.54, 1.807) is 60.7 Å². The second-order valence-corrected chi connectivity index (χ2v) is 8.18. The average Bonchev–Trinajstić information content (AvgIpc) is 2.67. The average molecular weight is 420 g/mol. The van der Waals surface area contributed by atoms with Crippen LogP contribution in [0.1, 0.15) is 20.3 Å². The predicted octanol–water partition coefficient (Wildman–Crippen LogP) is 4.14. The molecule has 156 valence electrons. The van der Waals surface area contributed by atoms with Gasteiger partial charge in [-0.25, -0.2) is 19.2 Å². The number of nitrogens with one attached hydrogen (secondary N) is 2. The van der Waals surface area contributed by atoms with Gasteiger partial charge in [0.05, 0.1) is 7.11 Å². The zero-order chi connectivity index (χ0) is 21.3. The molecule has 0 saturated carbocycles. The minimum Gasteiger partial charge on any atom is -0.467 e. The Balaban J connectivity index is 2.18. The zero-order valence-corrected chi connectivity index (χ0v) is 17.4. The number of carbonyl (C=O) groups is 2. The summed E-state index contributed by atoms with van der Waals surface area (Å²) in [6, 6.07) is 14.8. The molecule has 0 saturated heterocycles. The van der Waals surface area contributed by atoms with E-state index in [1.165, 1.54) is 7.11 Å². The number of urea groups is 1. The van der Waals surface area contributed by atoms with Crippen molar-refractivity contribution in [2.24, 2.45) is 5.92 Å². The maximum Gasteiger partial charge on any atom is 0.545 e. The number of carbonyl (C=O) groups excluding carboxylic acids is 2. The Morgan fingerprint density at radius 2 is 1.41 bits per heavy atom. The molecule has 0 bridgehead atoms. The van der Waals surface area contributed by atoms with Crippen molar-refractivity contribution in [1.29, 1.82) is 0 Å². The molecular formula is C20H25N2O6P. The molecule has 0 aliphatic heterocycles. The topological polar surface area (TPSA) is 103 Å². The summed E-state index contributed by atoms with van der Waals surface area (Å²) in [5.41, 5.74) is 0. The summed E-state index contributed by atoms with van der Waals surface area (Å²) < 4.78 is 28.9. The van der Waals surface area contributed by atoms with Crippen LogP contribution < -0.4 is 19.5 Å². The molecule has 0 aliphatic carbocycles. The molecule has 0 unspecified atom stereocenters. The molecule has 29 heavy (non-hydrogen) atoms. The first-order valence-corrected chi connectivity index (χ1v) is 10.6. The number of ether oxygens (including phenoxy) is 1. The number of methoxy groups -OCH3 is 1. The van der Waals surface area contributed by atoms with Gasteiger partial charge in [-0.2, -0.15) is 0 Å². The van der Waals surface area contributed by atoms with Gasteiger partial charge in [-0.05, 0) is 36.6 Å². The van der Waals surface area contributed by atoms with Crippen LogP contribution in [0.3, 0.4) is 0 Å². The second kappa shape index (κ2) is 10.5. The molecule has 0 radical (unpaired) electrons. The number of benzene rings is 2. The lowest BCUT2D eigenvalue weighted by Gasteiger charge is -2.22. The highest BCUT2D eigenvalue weighted by atomic mass is 31.2. The van der Waals surface area contributed by atoms with E-state index in [0.717, 1.165) is 0 Å². The van der Waals surface area contributed by atoms with E-state index >= 15 is 0 Å². The van der Waals surface area contributed by atoms with E-state index in [-0.39, 0.29) is 17.4 Å². The van der Waals surface area contributed by atoms with Crippen LogP contribution in [0.15, 0.2) is 60.7 Å². The predicted molar refractivity (Wildman–Crippen MR) is 109 cm³/mol. The molecule has 0 heterocycles. The Kier molecular flexibility index (Phi) is 8.09. The molecule has 0 aliphatic rings. The van der Waals surface area contributed by atoms with Gasteiger partial charge in [0.2, 0.25) is 0 Å². The number of hydrogen-bond donors (Lipinski definition) is 2. The van der Waals surface area contributed by atoms with Crippen molar-refractivity contribution in [3.05, 3.63) is 60.7 Å². The van der Waals surface area contributed by atoms with Crippen LogP contribution in [-0.2, 0) is 14.1 Å². The zero-order valence-electron chi connectivity index (χ0n) is 16.5. The summed E-state index contributed by atoms with van der Waals surface area (Å²) in [7, 11) is -2.93. The number of hydrogen-bond acceptors (Lipinski definition) is 6. The Labute approximate surface area is 170 Å². The van der Waals surface area contributed by atoms with E-state index in [1.807, 2.05) is 13.8 Å². The third-order valence-corrected chi connectivity index (χ3v) is 5.05. The summed E-state index contributed by atoms with van der Waals surface area (Å²) in [6.45, 7) is 3.80. The number of esters is 1. The van der Waals surface area contributed by atoms with Gasteiger partial charge >= 0.3 is 19.7 Å². The Bertz CT molecular complexity index is 799. The highest BCUT2D eigenvalue weighted by Gasteiger charge is 2.33. The lowest BCUT2D eigenvalue weighted by Crippen LogP contribution is -2.46. The molecule has 2 rings (SSSR count). The summed E-state index contributed by atoms with van der Waals surface area (Å²) in [6.07, 6.45) is 0.351. The van der Waals surface area contributed by atoms with Gasteiger partial charge in [0.15, 0.2) is 0 Å². The van der Waals surface area contributed by atoms with Crippen molar-refractivity contribution in [3.8, 4) is 11.5 Å². The highest BCUT2D eigenvalue weighted by molar-refractivity contribution is 7.53. The molecular weight excluding hydrogens is 395 g/mol. The Morgan fingerprint density at radius 1 is 0.931 bits per heavy atom. The van der Waals surface area contributed by atoms with Crippen LogP contribution in [-0.4, -0.2) is 25.2 Å². The third-order valence-electron chi connectivity index (χ3n) is 3.67. The standard InChI is InChI=1S/C20H25N2O6P/c1-15(2)14-18(19(23)26-3)21-20(24)22-29(25,27-16-10-6-4-7-11-16)28-17-12-8-5-9-13-17/h4-13,15,18H,14H2,1-3H3,(H2,21,22,24,25)/t18-/m1/s1. The lowest BCUT2D eigenvalue weighted by molar-refractivity contribution is -0.143. The van der Waals surface area contributed by atoms with Gasteiger partial charge in [-0.3, -0.25) is 0 Å². The monoisotopic (exact) mass is 420 g/mol. The Hall–Kier alpha value is -2.99. The first-order chi connectivity index (χ1) is 13.8. The molecule has 1 atom stereocenters. The van der Waals surface area contributed by atoms with E-state index in [0.29, 0.717) is 6.42 Å². The fourth-order valence-electron chi connectivity index (χ4n) is 2.45. The molecule has 0 fully saturated rings. The molecule has 2 aromatic carbocycles. The van der Waals surface area contributed by atoms with Crippen LogP contribution in [0, 0.1) is 5.92 Å². The van der Waals surface area contributed by atoms with Crippen LogP contribution in [0.2, 0.25) is 0 Å². The number of amides is 2. The smallest absolute Gasteiger partial charge is 0.467 e. The largest absolute Gasteiger partial charge is 0.545 e. The highest BCUT2D eigenvalue weighted by Crippen LogP contribution is 2.44. The Morgan fingerprint density at radius 3 is 1.83 bits per heavy atom. The molecule has 0 aromatic heterocycles. The van der Waals surface area contributed by atoms with E-state index in [2.05, 4.69) is 10.4 Å². The van der Waals surface area contributed by atoms with E-state index < -0.39 is 25.8 Å². The molecule has 2 amide bonds. The van der Waals surface area contributed by atoms with Crippen LogP contribution in [0.5, 0.6) is 11.5 Å². The normalized spacial score (nSPS) is 12.0. The van der Waals surface area contributed by atoms with Crippen molar-refractivity contribution in [2.75, 3.05) is 7.11 Å². The molecule has 2 N–H and O–H groups in total. The van der Waals surface area contributed by atoms with E-state index in [9.17, 15) is 14.2 Å². The summed E-state index contributed by atoms with van der Waals surface area (Å²) >= 11 is 0. The van der Waals surface area contributed by atoms with Gasteiger partial charge in [0.1, 0.15) is 17.5 Å². The third kappa shape index (κ3) is 7.50. The lowest BCUT2D eigenvalue weighted by atomic mass is 10.0. The molecule has 0 spiro atoms. The van der Waals surface area contributed by atoms with Gasteiger partial charge in [0, 0.05) is 0 Å². The van der Waals surface area contributed by atoms with Crippen LogP contribution >= 0.6 is 7.75 Å². The first kappa shape index (κ1) is 22.3. The summed E-state index contributed by atoms with van der Waals surface area (Å²) in [5.74, 6) is 0.0153. The fraction of sp³-hybridized carbons (Fsp3) is 0.300. The number of para-hydroxylation sites is 2. The summed E-state index contributed by atoms with van der Waals surface area (Å²) in [5, 5.41) is 4.70. The van der Waals surface area contributed by atoms with E-state index in [4.69, 9.17) is 13.8 Å². The fourth-order valence-corrected chi connectivity index (χ4v) is 3.69. The van der Waals surface area contributed by atoms with Crippen molar-refractivity contribution < 1.29 is 27.9 Å². The maximum atomic E-state index is 13.3. The van der Waals surface area contributed by atoms with Crippen molar-refractivity contribution in [3.63, 3.8) is 0 Å². The van der Waals surface area contributed by atoms with Gasteiger partial charge in [0.25, 0.3) is 0 Å². The van der Waals surface area contributed by atoms with Gasteiger partial charge in [-0.15, -0.1) is 0 Å². The molecule has 9 heteroatoms. The second-order valence-electron chi connectivity index (χ2n) is 6.60. The maximum absolute atomic E-state index is 13.3. The van der Waals surface area contributed by atoms with Crippen molar-refractivity contribution in [1.82, 2.24) is 10.4 Å². The number of rotatable bonds is 9. The van der Waals surface area contributed by atoms with Gasteiger partial charge < -0.3 is 19.1 Å². The van der Waals surface area contributed by atoms with Gasteiger partial charge in [-0.1, -0.05) is 50.2 Å². The van der Waals surface area contributed by atoms with Crippen molar-refractivity contribution >= 4 is 19.7 Å². The minimum atomic E-state index is -4.16. The summed E-state index contributed by atoms with van der Waals surface area (Å²) in [4.78, 5) is 24.4. The van der Waals surface area contributed by atoms with Crippen LogP contribution in [0.4, 0.5) is 4.79 Å². The SMILES string of the molecule is COC(=O)[C@@H](CC(C)C)NC(=O)NP(=O)(Oc1ccccc1)Oc1ccccc1. The minimum absolute atomic E-state index is 0.118. The quantitative estimate of drug-likeness (QED) is 0.467. The molecule has 8 nitrogen and oxygen atoms in total. The van der Waals surface area contributed by atoms with Crippen molar-refractivity contribution in [2.45, 2.75) is 26.3 Å². The first-order valence-electron chi connectivity index (χ1n) is 9.07.